The number of H-pyrrole nitrogens is 1. The van der Waals surface area contributed by atoms with E-state index in [0.717, 1.165) is 0 Å². The lowest BCUT2D eigenvalue weighted by molar-refractivity contribution is -0.114. The van der Waals surface area contributed by atoms with Crippen LogP contribution in [-0.2, 0) is 4.79 Å². The number of aryl methyl sites for hydroxylation is 1. The average Bonchev–Trinajstić information content (AvgIpc) is 2.30. The van der Waals surface area contributed by atoms with Crippen molar-refractivity contribution in [1.29, 1.82) is 0 Å². The highest BCUT2D eigenvalue weighted by Crippen LogP contribution is 2.15. The molecule has 6 nitrogen and oxygen atoms in total. The van der Waals surface area contributed by atoms with Crippen molar-refractivity contribution < 1.29 is 14.7 Å². The fourth-order valence-electron chi connectivity index (χ4n) is 0.948. The Kier molecular flexibility index (Phi) is 2.32. The van der Waals surface area contributed by atoms with E-state index in [0.29, 0.717) is 5.69 Å². The number of amides is 1. The predicted octanol–water partition coefficient (Wildman–Crippen LogP) is 0.375. The van der Waals surface area contributed by atoms with Gasteiger partial charge in [-0.15, -0.1) is 0 Å². The van der Waals surface area contributed by atoms with Crippen molar-refractivity contribution in [1.82, 2.24) is 10.2 Å². The summed E-state index contributed by atoms with van der Waals surface area (Å²) in [5.74, 6) is -1.42. The van der Waals surface area contributed by atoms with Crippen LogP contribution in [0.3, 0.4) is 0 Å². The second kappa shape index (κ2) is 3.26. The molecule has 0 bridgehead atoms. The molecule has 0 aliphatic rings. The highest BCUT2D eigenvalue weighted by Gasteiger charge is 2.17. The third-order valence-electron chi connectivity index (χ3n) is 1.46. The molecule has 0 aliphatic carbocycles. The molecule has 1 heterocycles. The molecule has 0 radical (unpaired) electrons. The first-order valence-corrected chi connectivity index (χ1v) is 3.58. The summed E-state index contributed by atoms with van der Waals surface area (Å²) in [6.07, 6.45) is 0. The van der Waals surface area contributed by atoms with E-state index in [2.05, 4.69) is 15.5 Å². The van der Waals surface area contributed by atoms with Crippen LogP contribution in [0.15, 0.2) is 0 Å². The molecular weight excluding hydrogens is 174 g/mol. The Hall–Kier alpha value is -1.85. The van der Waals surface area contributed by atoms with Crippen LogP contribution in [0, 0.1) is 6.92 Å². The molecule has 1 aromatic heterocycles. The van der Waals surface area contributed by atoms with Gasteiger partial charge in [0.2, 0.25) is 5.91 Å². The Labute approximate surface area is 74.0 Å². The summed E-state index contributed by atoms with van der Waals surface area (Å²) in [7, 11) is 0. The van der Waals surface area contributed by atoms with Crippen LogP contribution in [0.5, 0.6) is 0 Å². The fourth-order valence-corrected chi connectivity index (χ4v) is 0.948. The van der Waals surface area contributed by atoms with Crippen molar-refractivity contribution in [2.75, 3.05) is 5.32 Å². The van der Waals surface area contributed by atoms with Crippen molar-refractivity contribution in [3.05, 3.63) is 11.3 Å². The zero-order valence-corrected chi connectivity index (χ0v) is 7.21. The zero-order chi connectivity index (χ0) is 10.0. The minimum absolute atomic E-state index is 0.00444. The number of anilines is 1. The Balaban J connectivity index is 3.07. The van der Waals surface area contributed by atoms with E-state index < -0.39 is 5.97 Å². The smallest absolute Gasteiger partial charge is 0.341 e. The summed E-state index contributed by atoms with van der Waals surface area (Å²) in [6.45, 7) is 2.86. The van der Waals surface area contributed by atoms with Gasteiger partial charge in [0.25, 0.3) is 0 Å². The zero-order valence-electron chi connectivity index (χ0n) is 7.21. The molecule has 0 spiro atoms. The number of carboxylic acids is 1. The second-order valence-corrected chi connectivity index (χ2v) is 2.56. The first-order chi connectivity index (χ1) is 6.02. The predicted molar refractivity (Wildman–Crippen MR) is 44.6 cm³/mol. The second-order valence-electron chi connectivity index (χ2n) is 2.56. The minimum Gasteiger partial charge on any atom is -0.477 e. The molecule has 0 atom stereocenters. The van der Waals surface area contributed by atoms with Gasteiger partial charge in [-0.3, -0.25) is 9.89 Å². The van der Waals surface area contributed by atoms with Gasteiger partial charge in [-0.25, -0.2) is 4.79 Å². The molecule has 1 aromatic rings. The summed E-state index contributed by atoms with van der Waals surface area (Å²) in [5.41, 5.74) is 0.409. The molecule has 0 unspecified atom stereocenters. The Bertz CT molecular complexity index is 356. The van der Waals surface area contributed by atoms with Gasteiger partial charge in [0.1, 0.15) is 5.56 Å². The number of aromatic amines is 1. The molecule has 0 fully saturated rings. The van der Waals surface area contributed by atoms with Gasteiger partial charge in [0.15, 0.2) is 5.82 Å². The van der Waals surface area contributed by atoms with Gasteiger partial charge < -0.3 is 10.4 Å². The normalized spacial score (nSPS) is 9.69. The van der Waals surface area contributed by atoms with Gasteiger partial charge in [-0.2, -0.15) is 5.10 Å². The quantitative estimate of drug-likeness (QED) is 0.617. The number of aromatic carboxylic acids is 1. The van der Waals surface area contributed by atoms with E-state index in [9.17, 15) is 9.59 Å². The minimum atomic E-state index is -1.12. The van der Waals surface area contributed by atoms with Gasteiger partial charge in [0.05, 0.1) is 0 Å². The largest absolute Gasteiger partial charge is 0.477 e. The van der Waals surface area contributed by atoms with E-state index in [-0.39, 0.29) is 17.3 Å². The number of rotatable bonds is 2. The highest BCUT2D eigenvalue weighted by molar-refractivity contribution is 5.99. The molecule has 70 valence electrons. The highest BCUT2D eigenvalue weighted by atomic mass is 16.4. The van der Waals surface area contributed by atoms with Gasteiger partial charge in [-0.05, 0) is 6.92 Å². The molecule has 3 N–H and O–H groups in total. The first-order valence-electron chi connectivity index (χ1n) is 3.58. The molecule has 13 heavy (non-hydrogen) atoms. The summed E-state index contributed by atoms with van der Waals surface area (Å²) in [4.78, 5) is 21.3. The van der Waals surface area contributed by atoms with E-state index >= 15 is 0 Å². The van der Waals surface area contributed by atoms with Crippen LogP contribution >= 0.6 is 0 Å². The first kappa shape index (κ1) is 9.24. The number of nitrogens with one attached hydrogen (secondary N) is 2. The summed E-state index contributed by atoms with van der Waals surface area (Å²) >= 11 is 0. The SMILES string of the molecule is CC(=O)Nc1n[nH]c(C)c1C(=O)O. The topological polar surface area (TPSA) is 95.1 Å². The van der Waals surface area contributed by atoms with Crippen LogP contribution in [0.25, 0.3) is 0 Å². The van der Waals surface area contributed by atoms with Crippen molar-refractivity contribution in [2.45, 2.75) is 13.8 Å². The van der Waals surface area contributed by atoms with E-state index in [1.54, 1.807) is 6.92 Å². The number of hydrogen-bond acceptors (Lipinski definition) is 3. The third-order valence-corrected chi connectivity index (χ3v) is 1.46. The summed E-state index contributed by atoms with van der Waals surface area (Å²) in [6, 6.07) is 0. The summed E-state index contributed by atoms with van der Waals surface area (Å²) in [5, 5.41) is 17.2. The maximum atomic E-state index is 10.7. The monoisotopic (exact) mass is 183 g/mol. The Morgan fingerprint density at radius 1 is 1.54 bits per heavy atom. The number of nitrogens with zero attached hydrogens (tertiary/aromatic N) is 1. The molecule has 1 amide bonds. The fraction of sp³-hybridized carbons (Fsp3) is 0.286. The molecule has 0 saturated heterocycles. The van der Waals surface area contributed by atoms with E-state index in [1.807, 2.05) is 0 Å². The lowest BCUT2D eigenvalue weighted by Gasteiger charge is -1.97. The van der Waals surface area contributed by atoms with Gasteiger partial charge in [0, 0.05) is 12.6 Å². The maximum Gasteiger partial charge on any atom is 0.341 e. The van der Waals surface area contributed by atoms with Crippen LogP contribution < -0.4 is 5.32 Å². The molecular formula is C7H9N3O3. The molecule has 0 aromatic carbocycles. The maximum absolute atomic E-state index is 10.7. The molecule has 0 aliphatic heterocycles. The van der Waals surface area contributed by atoms with Crippen molar-refractivity contribution >= 4 is 17.7 Å². The number of hydrogen-bond donors (Lipinski definition) is 3. The van der Waals surface area contributed by atoms with Crippen LogP contribution in [0.4, 0.5) is 5.82 Å². The van der Waals surface area contributed by atoms with Crippen LogP contribution in [0.1, 0.15) is 23.0 Å². The van der Waals surface area contributed by atoms with E-state index in [1.165, 1.54) is 6.92 Å². The standard InChI is InChI=1S/C7H9N3O3/c1-3-5(7(12)13)6(10-9-3)8-4(2)11/h1-2H3,(H,12,13)(H2,8,9,10,11). The third kappa shape index (κ3) is 1.84. The van der Waals surface area contributed by atoms with Crippen LogP contribution in [0.2, 0.25) is 0 Å². The molecule has 1 rings (SSSR count). The van der Waals surface area contributed by atoms with Crippen LogP contribution in [-0.4, -0.2) is 27.2 Å². The van der Waals surface area contributed by atoms with Gasteiger partial charge >= 0.3 is 5.97 Å². The number of carbonyl (C=O) groups excluding carboxylic acids is 1. The lowest BCUT2D eigenvalue weighted by atomic mass is 10.2. The number of carbonyl (C=O) groups is 2. The van der Waals surface area contributed by atoms with Gasteiger partial charge in [-0.1, -0.05) is 0 Å². The number of carboxylic acid groups (broad SMARTS) is 1. The van der Waals surface area contributed by atoms with Crippen molar-refractivity contribution in [3.8, 4) is 0 Å². The Morgan fingerprint density at radius 2 is 2.15 bits per heavy atom. The average molecular weight is 183 g/mol. The lowest BCUT2D eigenvalue weighted by Crippen LogP contribution is -2.10. The number of aromatic nitrogens is 2. The molecule has 6 heteroatoms. The molecule has 0 saturated carbocycles. The summed E-state index contributed by atoms with van der Waals surface area (Å²) < 4.78 is 0. The van der Waals surface area contributed by atoms with E-state index in [4.69, 9.17) is 5.11 Å². The van der Waals surface area contributed by atoms with Crippen molar-refractivity contribution in [3.63, 3.8) is 0 Å². The van der Waals surface area contributed by atoms with Crippen molar-refractivity contribution in [2.24, 2.45) is 0 Å². The Morgan fingerprint density at radius 3 is 2.62 bits per heavy atom.